The van der Waals surface area contributed by atoms with Crippen molar-refractivity contribution in [3.05, 3.63) is 23.8 Å². The standard InChI is InChI=1S/C13H15NO7/c1-20-7-3-4-10(15)8(5-7)12(17)14-9(13(18)19)6-11(16)21-2/h3-5,9,15H,6H2,1-2H3,(H,14,17)(H,18,19)/t9-/m0/s1. The number of methoxy groups -OCH3 is 2. The third-order valence-corrected chi connectivity index (χ3v) is 2.65. The van der Waals surface area contributed by atoms with E-state index in [0.29, 0.717) is 5.75 Å². The molecule has 1 rings (SSSR count). The highest BCUT2D eigenvalue weighted by Crippen LogP contribution is 2.22. The van der Waals surface area contributed by atoms with Crippen LogP contribution in [0.15, 0.2) is 18.2 Å². The second-order valence-corrected chi connectivity index (χ2v) is 4.03. The molecule has 114 valence electrons. The summed E-state index contributed by atoms with van der Waals surface area (Å²) in [5.41, 5.74) is -0.162. The topological polar surface area (TPSA) is 122 Å². The predicted octanol–water partition coefficient (Wildman–Crippen LogP) is 0.147. The average molecular weight is 297 g/mol. The van der Waals surface area contributed by atoms with Crippen LogP contribution in [0, 0.1) is 0 Å². The summed E-state index contributed by atoms with van der Waals surface area (Å²) in [5.74, 6) is -3.04. The Morgan fingerprint density at radius 1 is 1.29 bits per heavy atom. The number of benzene rings is 1. The molecule has 0 fully saturated rings. The first kappa shape index (κ1) is 16.3. The molecule has 0 saturated carbocycles. The molecule has 0 aliphatic heterocycles. The third-order valence-electron chi connectivity index (χ3n) is 2.65. The first-order chi connectivity index (χ1) is 9.88. The number of aliphatic carboxylic acids is 1. The molecule has 0 saturated heterocycles. The van der Waals surface area contributed by atoms with Crippen molar-refractivity contribution >= 4 is 17.8 Å². The van der Waals surface area contributed by atoms with Crippen LogP contribution in [0.1, 0.15) is 16.8 Å². The number of carboxylic acid groups (broad SMARTS) is 1. The smallest absolute Gasteiger partial charge is 0.326 e. The Bertz CT molecular complexity index is 555. The largest absolute Gasteiger partial charge is 0.507 e. The Morgan fingerprint density at radius 3 is 2.48 bits per heavy atom. The van der Waals surface area contributed by atoms with Gasteiger partial charge in [0, 0.05) is 0 Å². The molecule has 0 spiro atoms. The summed E-state index contributed by atoms with van der Waals surface area (Å²) in [6.07, 6.45) is -0.525. The number of carboxylic acids is 1. The van der Waals surface area contributed by atoms with E-state index in [1.807, 2.05) is 0 Å². The Balaban J connectivity index is 2.91. The summed E-state index contributed by atoms with van der Waals surface area (Å²) in [6, 6.07) is 2.47. The lowest BCUT2D eigenvalue weighted by molar-refractivity contribution is -0.147. The van der Waals surface area contributed by atoms with Gasteiger partial charge in [-0.2, -0.15) is 0 Å². The highest BCUT2D eigenvalue weighted by atomic mass is 16.5. The van der Waals surface area contributed by atoms with Crippen molar-refractivity contribution in [1.29, 1.82) is 0 Å². The molecule has 8 nitrogen and oxygen atoms in total. The number of esters is 1. The lowest BCUT2D eigenvalue weighted by Gasteiger charge is -2.14. The molecule has 1 aromatic rings. The number of rotatable bonds is 6. The van der Waals surface area contributed by atoms with Crippen LogP contribution in [0.5, 0.6) is 11.5 Å². The maximum Gasteiger partial charge on any atom is 0.326 e. The Labute approximate surface area is 120 Å². The zero-order chi connectivity index (χ0) is 16.0. The molecular formula is C13H15NO7. The lowest BCUT2D eigenvalue weighted by atomic mass is 10.1. The molecule has 1 atom stereocenters. The normalized spacial score (nSPS) is 11.3. The summed E-state index contributed by atoms with van der Waals surface area (Å²) in [6.45, 7) is 0. The van der Waals surface area contributed by atoms with Gasteiger partial charge in [0.1, 0.15) is 17.5 Å². The number of aromatic hydroxyl groups is 1. The molecule has 0 aliphatic carbocycles. The predicted molar refractivity (Wildman–Crippen MR) is 70.2 cm³/mol. The molecule has 0 bridgehead atoms. The minimum Gasteiger partial charge on any atom is -0.507 e. The second-order valence-electron chi connectivity index (χ2n) is 4.03. The fourth-order valence-electron chi connectivity index (χ4n) is 1.51. The molecule has 3 N–H and O–H groups in total. The summed E-state index contributed by atoms with van der Waals surface area (Å²) in [4.78, 5) is 34.1. The molecule has 1 amide bonds. The first-order valence-corrected chi connectivity index (χ1v) is 5.86. The van der Waals surface area contributed by atoms with Crippen molar-refractivity contribution in [2.45, 2.75) is 12.5 Å². The summed E-state index contributed by atoms with van der Waals surface area (Å²) in [7, 11) is 2.49. The van der Waals surface area contributed by atoms with E-state index in [0.717, 1.165) is 7.11 Å². The fraction of sp³-hybridized carbons (Fsp3) is 0.308. The van der Waals surface area contributed by atoms with E-state index in [4.69, 9.17) is 9.84 Å². The maximum atomic E-state index is 12.0. The van der Waals surface area contributed by atoms with E-state index in [-0.39, 0.29) is 11.3 Å². The van der Waals surface area contributed by atoms with Crippen LogP contribution < -0.4 is 10.1 Å². The molecule has 0 unspecified atom stereocenters. The van der Waals surface area contributed by atoms with Crippen LogP contribution in [0.3, 0.4) is 0 Å². The second kappa shape index (κ2) is 7.13. The quantitative estimate of drug-likeness (QED) is 0.638. The van der Waals surface area contributed by atoms with Crippen molar-refractivity contribution in [2.24, 2.45) is 0 Å². The van der Waals surface area contributed by atoms with Gasteiger partial charge in [0.05, 0.1) is 26.2 Å². The van der Waals surface area contributed by atoms with Crippen LogP contribution in [0.25, 0.3) is 0 Å². The highest BCUT2D eigenvalue weighted by molar-refractivity contribution is 5.99. The maximum absolute atomic E-state index is 12.0. The number of carbonyl (C=O) groups is 3. The zero-order valence-corrected chi connectivity index (χ0v) is 11.5. The molecule has 1 aromatic carbocycles. The van der Waals surface area contributed by atoms with Gasteiger partial charge in [-0.25, -0.2) is 4.79 Å². The summed E-state index contributed by atoms with van der Waals surface area (Å²) in [5, 5.41) is 20.7. The minimum absolute atomic E-state index is 0.162. The van der Waals surface area contributed by atoms with Gasteiger partial charge in [-0.15, -0.1) is 0 Å². The number of phenolic OH excluding ortho intramolecular Hbond substituents is 1. The zero-order valence-electron chi connectivity index (χ0n) is 11.5. The number of nitrogens with one attached hydrogen (secondary N) is 1. The fourth-order valence-corrected chi connectivity index (χ4v) is 1.51. The van der Waals surface area contributed by atoms with Crippen LogP contribution in [0.4, 0.5) is 0 Å². The van der Waals surface area contributed by atoms with Gasteiger partial charge in [-0.1, -0.05) is 0 Å². The molecule has 0 aromatic heterocycles. The third kappa shape index (κ3) is 4.37. The van der Waals surface area contributed by atoms with E-state index < -0.39 is 30.3 Å². The Morgan fingerprint density at radius 2 is 1.95 bits per heavy atom. The van der Waals surface area contributed by atoms with Gasteiger partial charge in [0.25, 0.3) is 5.91 Å². The Hall–Kier alpha value is -2.77. The first-order valence-electron chi connectivity index (χ1n) is 5.86. The van der Waals surface area contributed by atoms with E-state index in [1.165, 1.54) is 25.3 Å². The average Bonchev–Trinajstić information content (AvgIpc) is 2.46. The minimum atomic E-state index is -1.46. The Kier molecular flexibility index (Phi) is 5.53. The number of phenols is 1. The molecule has 0 radical (unpaired) electrons. The van der Waals surface area contributed by atoms with Gasteiger partial charge in [-0.05, 0) is 18.2 Å². The van der Waals surface area contributed by atoms with E-state index >= 15 is 0 Å². The van der Waals surface area contributed by atoms with Gasteiger partial charge >= 0.3 is 11.9 Å². The van der Waals surface area contributed by atoms with Gasteiger partial charge in [0.2, 0.25) is 0 Å². The highest BCUT2D eigenvalue weighted by Gasteiger charge is 2.25. The van der Waals surface area contributed by atoms with Crippen LogP contribution in [-0.2, 0) is 14.3 Å². The number of ether oxygens (including phenoxy) is 2. The van der Waals surface area contributed by atoms with Gasteiger partial charge < -0.3 is 25.0 Å². The lowest BCUT2D eigenvalue weighted by Crippen LogP contribution is -2.42. The van der Waals surface area contributed by atoms with E-state index in [2.05, 4.69) is 10.1 Å². The van der Waals surface area contributed by atoms with Crippen molar-refractivity contribution in [3.8, 4) is 11.5 Å². The molecule has 21 heavy (non-hydrogen) atoms. The van der Waals surface area contributed by atoms with E-state index in [1.54, 1.807) is 0 Å². The number of hydrogen-bond acceptors (Lipinski definition) is 6. The van der Waals surface area contributed by atoms with Crippen molar-refractivity contribution in [1.82, 2.24) is 5.32 Å². The summed E-state index contributed by atoms with van der Waals surface area (Å²) < 4.78 is 9.27. The van der Waals surface area contributed by atoms with Gasteiger partial charge in [0.15, 0.2) is 0 Å². The van der Waals surface area contributed by atoms with E-state index in [9.17, 15) is 19.5 Å². The summed E-state index contributed by atoms with van der Waals surface area (Å²) >= 11 is 0. The van der Waals surface area contributed by atoms with Crippen LogP contribution in [0.2, 0.25) is 0 Å². The SMILES string of the molecule is COC(=O)C[C@H](NC(=O)c1cc(OC)ccc1O)C(=O)O. The van der Waals surface area contributed by atoms with Gasteiger partial charge in [-0.3, -0.25) is 9.59 Å². The van der Waals surface area contributed by atoms with Crippen molar-refractivity contribution in [2.75, 3.05) is 14.2 Å². The molecule has 0 aliphatic rings. The molecule has 8 heteroatoms. The van der Waals surface area contributed by atoms with Crippen LogP contribution in [-0.4, -0.2) is 48.3 Å². The monoisotopic (exact) mass is 297 g/mol. The number of hydrogen-bond donors (Lipinski definition) is 3. The van der Waals surface area contributed by atoms with Crippen LogP contribution >= 0.6 is 0 Å². The number of carbonyl (C=O) groups excluding carboxylic acids is 2. The molecular weight excluding hydrogens is 282 g/mol. The van der Waals surface area contributed by atoms with Crippen molar-refractivity contribution < 1.29 is 34.1 Å². The number of amides is 1. The molecule has 0 heterocycles. The van der Waals surface area contributed by atoms with Crippen molar-refractivity contribution in [3.63, 3.8) is 0 Å².